The van der Waals surface area contributed by atoms with Crippen LogP contribution < -0.4 is 19.1 Å². The lowest BCUT2D eigenvalue weighted by Gasteiger charge is -2.27. The van der Waals surface area contributed by atoms with E-state index in [1.54, 1.807) is 55.5 Å². The highest BCUT2D eigenvalue weighted by molar-refractivity contribution is 7.92. The monoisotopic (exact) mass is 470 g/mol. The van der Waals surface area contributed by atoms with Crippen molar-refractivity contribution in [1.82, 2.24) is 5.32 Å². The highest BCUT2D eigenvalue weighted by Crippen LogP contribution is 2.35. The van der Waals surface area contributed by atoms with Crippen molar-refractivity contribution >= 4 is 21.6 Å². The Morgan fingerprint density at radius 3 is 2.36 bits per heavy atom. The number of carbonyl (C=O) groups excluding carboxylic acids is 1. The molecule has 0 saturated heterocycles. The number of rotatable bonds is 7. The smallest absolute Gasteiger partial charge is 0.264 e. The third kappa shape index (κ3) is 5.09. The van der Waals surface area contributed by atoms with E-state index in [0.29, 0.717) is 30.3 Å². The van der Waals surface area contributed by atoms with Gasteiger partial charge in [-0.05, 0) is 48.9 Å². The van der Waals surface area contributed by atoms with Crippen molar-refractivity contribution in [2.45, 2.75) is 17.9 Å². The number of carbonyl (C=O) groups is 1. The molecule has 0 unspecified atom stereocenters. The van der Waals surface area contributed by atoms with Crippen LogP contribution in [0.1, 0.15) is 18.5 Å². The molecule has 7 nitrogen and oxygen atoms in total. The lowest BCUT2D eigenvalue weighted by molar-refractivity contribution is -0.120. The quantitative estimate of drug-likeness (QED) is 0.570. The fourth-order valence-electron chi connectivity index (χ4n) is 3.47. The van der Waals surface area contributed by atoms with Gasteiger partial charge < -0.3 is 14.8 Å². The predicted molar refractivity (Wildman–Crippen MR) is 121 cm³/mol. The van der Waals surface area contributed by atoms with E-state index in [4.69, 9.17) is 9.47 Å². The maximum Gasteiger partial charge on any atom is 0.264 e. The molecule has 4 rings (SSSR count). The van der Waals surface area contributed by atoms with Crippen molar-refractivity contribution in [3.8, 4) is 11.5 Å². The van der Waals surface area contributed by atoms with Crippen molar-refractivity contribution in [3.63, 3.8) is 0 Å². The van der Waals surface area contributed by atoms with Gasteiger partial charge in [0.25, 0.3) is 10.0 Å². The van der Waals surface area contributed by atoms with E-state index in [-0.39, 0.29) is 16.4 Å². The van der Waals surface area contributed by atoms with Crippen LogP contribution >= 0.6 is 0 Å². The Kier molecular flexibility index (Phi) is 6.50. The minimum atomic E-state index is -4.06. The molecule has 9 heteroatoms. The largest absolute Gasteiger partial charge is 0.486 e. The van der Waals surface area contributed by atoms with Crippen LogP contribution in [-0.2, 0) is 14.8 Å². The van der Waals surface area contributed by atoms with E-state index >= 15 is 0 Å². The van der Waals surface area contributed by atoms with Crippen molar-refractivity contribution in [2.24, 2.45) is 0 Å². The van der Waals surface area contributed by atoms with Crippen LogP contribution in [0, 0.1) is 5.82 Å². The number of amides is 1. The summed E-state index contributed by atoms with van der Waals surface area (Å²) >= 11 is 0. The fraction of sp³-hybridized carbons (Fsp3) is 0.208. The molecule has 3 aromatic rings. The SMILES string of the molecule is C[C@@H](NC(=O)CN(c1ccc2c(c1)OCCO2)S(=O)(=O)c1ccccc1)c1ccc(F)cc1. The van der Waals surface area contributed by atoms with E-state index in [9.17, 15) is 17.6 Å². The Morgan fingerprint density at radius 2 is 1.67 bits per heavy atom. The van der Waals surface area contributed by atoms with Gasteiger partial charge in [0.2, 0.25) is 5.91 Å². The fourth-order valence-corrected chi connectivity index (χ4v) is 4.91. The van der Waals surface area contributed by atoms with Gasteiger partial charge in [-0.1, -0.05) is 30.3 Å². The lowest BCUT2D eigenvalue weighted by Crippen LogP contribution is -2.41. The lowest BCUT2D eigenvalue weighted by atomic mass is 10.1. The Labute approximate surface area is 191 Å². The minimum absolute atomic E-state index is 0.0549. The Morgan fingerprint density at radius 1 is 1.00 bits per heavy atom. The number of ether oxygens (including phenoxy) is 2. The highest BCUT2D eigenvalue weighted by atomic mass is 32.2. The maximum atomic E-state index is 13.5. The summed E-state index contributed by atoms with van der Waals surface area (Å²) in [4.78, 5) is 13.0. The number of benzene rings is 3. The van der Waals surface area contributed by atoms with Gasteiger partial charge in [-0.3, -0.25) is 9.10 Å². The topological polar surface area (TPSA) is 84.9 Å². The molecule has 0 spiro atoms. The average Bonchev–Trinajstić information content (AvgIpc) is 2.83. The zero-order chi connectivity index (χ0) is 23.4. The molecule has 1 heterocycles. The molecule has 0 aliphatic carbocycles. The third-order valence-corrected chi connectivity index (χ3v) is 6.97. The molecule has 0 saturated carbocycles. The average molecular weight is 471 g/mol. The second kappa shape index (κ2) is 9.50. The summed E-state index contributed by atoms with van der Waals surface area (Å²) in [7, 11) is -4.06. The molecule has 1 aliphatic heterocycles. The number of nitrogens with one attached hydrogen (secondary N) is 1. The van der Waals surface area contributed by atoms with Gasteiger partial charge in [-0.2, -0.15) is 0 Å². The Hall–Kier alpha value is -3.59. The molecule has 1 atom stereocenters. The number of hydrogen-bond donors (Lipinski definition) is 1. The number of nitrogens with zero attached hydrogens (tertiary/aromatic N) is 1. The normalized spacial score (nSPS) is 13.8. The molecule has 0 bridgehead atoms. The van der Waals surface area contributed by atoms with Crippen LogP contribution in [0.5, 0.6) is 11.5 Å². The number of hydrogen-bond acceptors (Lipinski definition) is 5. The number of halogens is 1. The summed E-state index contributed by atoms with van der Waals surface area (Å²) in [5, 5.41) is 2.78. The van der Waals surface area contributed by atoms with Crippen LogP contribution in [0.3, 0.4) is 0 Å². The number of fused-ring (bicyclic) bond motifs is 1. The van der Waals surface area contributed by atoms with Crippen molar-refractivity contribution in [3.05, 3.63) is 84.2 Å². The number of anilines is 1. The van der Waals surface area contributed by atoms with Gasteiger partial charge in [0.15, 0.2) is 11.5 Å². The summed E-state index contributed by atoms with van der Waals surface area (Å²) in [6, 6.07) is 17.9. The van der Waals surface area contributed by atoms with E-state index < -0.39 is 28.5 Å². The number of sulfonamides is 1. The first kappa shape index (κ1) is 22.6. The van der Waals surface area contributed by atoms with Gasteiger partial charge in [-0.15, -0.1) is 0 Å². The van der Waals surface area contributed by atoms with Crippen LogP contribution in [-0.4, -0.2) is 34.1 Å². The van der Waals surface area contributed by atoms with Crippen LogP contribution in [0.25, 0.3) is 0 Å². The van der Waals surface area contributed by atoms with E-state index in [2.05, 4.69) is 5.32 Å². The van der Waals surface area contributed by atoms with Crippen molar-refractivity contribution < 1.29 is 27.1 Å². The van der Waals surface area contributed by atoms with E-state index in [0.717, 1.165) is 4.31 Å². The van der Waals surface area contributed by atoms with Gasteiger partial charge in [0, 0.05) is 6.07 Å². The molecule has 0 radical (unpaired) electrons. The van der Waals surface area contributed by atoms with Gasteiger partial charge in [-0.25, -0.2) is 12.8 Å². The first-order valence-corrected chi connectivity index (χ1v) is 11.8. The molecule has 33 heavy (non-hydrogen) atoms. The Bertz CT molecular complexity index is 1230. The summed E-state index contributed by atoms with van der Waals surface area (Å²) in [5.74, 6) is 0.0285. The Balaban J connectivity index is 1.63. The molecular formula is C24H23FN2O5S. The summed E-state index contributed by atoms with van der Waals surface area (Å²) in [6.07, 6.45) is 0. The zero-order valence-electron chi connectivity index (χ0n) is 17.9. The van der Waals surface area contributed by atoms with Gasteiger partial charge >= 0.3 is 0 Å². The molecule has 172 valence electrons. The predicted octanol–water partition coefficient (Wildman–Crippen LogP) is 3.67. The first-order valence-electron chi connectivity index (χ1n) is 10.4. The minimum Gasteiger partial charge on any atom is -0.486 e. The van der Waals surface area contributed by atoms with Gasteiger partial charge in [0.05, 0.1) is 16.6 Å². The van der Waals surface area contributed by atoms with Crippen LogP contribution in [0.15, 0.2) is 77.7 Å². The summed E-state index contributed by atoms with van der Waals surface area (Å²) in [6.45, 7) is 2.03. The van der Waals surface area contributed by atoms with Crippen LogP contribution in [0.4, 0.5) is 10.1 Å². The first-order chi connectivity index (χ1) is 15.8. The highest BCUT2D eigenvalue weighted by Gasteiger charge is 2.29. The molecule has 1 N–H and O–H groups in total. The summed E-state index contributed by atoms with van der Waals surface area (Å²) < 4.78 is 52.3. The zero-order valence-corrected chi connectivity index (χ0v) is 18.7. The second-order valence-electron chi connectivity index (χ2n) is 7.49. The molecule has 0 fully saturated rings. The molecule has 3 aromatic carbocycles. The summed E-state index contributed by atoms with van der Waals surface area (Å²) in [5.41, 5.74) is 0.967. The van der Waals surface area contributed by atoms with Crippen molar-refractivity contribution in [1.29, 1.82) is 0 Å². The molecule has 1 amide bonds. The standard InChI is InChI=1S/C24H23FN2O5S/c1-17(18-7-9-19(25)10-8-18)26-24(28)16-27(33(29,30)21-5-3-2-4-6-21)20-11-12-22-23(15-20)32-14-13-31-22/h2-12,15,17H,13-14,16H2,1H3,(H,26,28)/t17-/m1/s1. The van der Waals surface area contributed by atoms with Crippen molar-refractivity contribution in [2.75, 3.05) is 24.1 Å². The van der Waals surface area contributed by atoms with Gasteiger partial charge in [0.1, 0.15) is 25.6 Å². The maximum absolute atomic E-state index is 13.5. The third-order valence-electron chi connectivity index (χ3n) is 5.18. The molecule has 1 aliphatic rings. The van der Waals surface area contributed by atoms with Crippen LogP contribution in [0.2, 0.25) is 0 Å². The molecule has 0 aromatic heterocycles. The molecular weight excluding hydrogens is 447 g/mol. The van der Waals surface area contributed by atoms with E-state index in [1.165, 1.54) is 24.3 Å². The second-order valence-corrected chi connectivity index (χ2v) is 9.36. The van der Waals surface area contributed by atoms with E-state index in [1.807, 2.05) is 0 Å².